The van der Waals surface area contributed by atoms with E-state index in [0.29, 0.717) is 43.0 Å². The van der Waals surface area contributed by atoms with Gasteiger partial charge in [-0.05, 0) is 31.5 Å². The van der Waals surface area contributed by atoms with Crippen molar-refractivity contribution in [1.29, 1.82) is 0 Å². The van der Waals surface area contributed by atoms with Crippen molar-refractivity contribution in [2.45, 2.75) is 13.8 Å². The van der Waals surface area contributed by atoms with Crippen molar-refractivity contribution in [3.05, 3.63) is 40.5 Å². The average Bonchev–Trinajstić information content (AvgIpc) is 2.69. The predicted octanol–water partition coefficient (Wildman–Crippen LogP) is 2.82. The molecule has 0 bridgehead atoms. The minimum absolute atomic E-state index is 0.286. The summed E-state index contributed by atoms with van der Waals surface area (Å²) in [6, 6.07) is 7.08. The van der Waals surface area contributed by atoms with Gasteiger partial charge in [-0.25, -0.2) is 9.78 Å². The highest BCUT2D eigenvalue weighted by Crippen LogP contribution is 2.22. The third-order valence-electron chi connectivity index (χ3n) is 4.39. The Morgan fingerprint density at radius 2 is 2.00 bits per heavy atom. The molecule has 2 amide bonds. The van der Waals surface area contributed by atoms with Gasteiger partial charge >= 0.3 is 6.03 Å². The van der Waals surface area contributed by atoms with E-state index in [1.807, 2.05) is 26.0 Å². The van der Waals surface area contributed by atoms with E-state index in [2.05, 4.69) is 30.8 Å². The number of carbonyl (C=O) groups excluding carboxylic acids is 1. The smallest absolute Gasteiger partial charge is 0.319 e. The Hall–Kier alpha value is -2.58. The van der Waals surface area contributed by atoms with Crippen molar-refractivity contribution >= 4 is 35.1 Å². The summed E-state index contributed by atoms with van der Waals surface area (Å²) in [5.74, 6) is 1.44. The number of halogens is 1. The summed E-state index contributed by atoms with van der Waals surface area (Å²) in [6.45, 7) is 7.79. The number of morpholine rings is 1. The third kappa shape index (κ3) is 5.46. The maximum atomic E-state index is 12.1. The fourth-order valence-electron chi connectivity index (χ4n) is 2.85. The number of amides is 2. The normalized spacial score (nSPS) is 13.9. The van der Waals surface area contributed by atoms with Gasteiger partial charge in [-0.15, -0.1) is 0 Å². The van der Waals surface area contributed by atoms with Crippen molar-refractivity contribution in [1.82, 2.24) is 15.3 Å². The van der Waals surface area contributed by atoms with E-state index in [1.165, 1.54) is 0 Å². The van der Waals surface area contributed by atoms with Crippen molar-refractivity contribution in [2.24, 2.45) is 0 Å². The van der Waals surface area contributed by atoms with Crippen LogP contribution in [-0.4, -0.2) is 55.4 Å². The van der Waals surface area contributed by atoms with Crippen molar-refractivity contribution < 1.29 is 9.53 Å². The van der Waals surface area contributed by atoms with Crippen LogP contribution in [0.15, 0.2) is 24.3 Å². The molecule has 1 aliphatic heterocycles. The monoisotopic (exact) mass is 404 g/mol. The Balaban J connectivity index is 1.47. The van der Waals surface area contributed by atoms with Crippen LogP contribution in [0, 0.1) is 13.8 Å². The Morgan fingerprint density at radius 3 is 2.79 bits per heavy atom. The molecule has 1 aliphatic rings. The first kappa shape index (κ1) is 20.2. The fraction of sp³-hybridized carbons (Fsp3) is 0.421. The van der Waals surface area contributed by atoms with Crippen LogP contribution in [0.4, 0.5) is 22.2 Å². The van der Waals surface area contributed by atoms with Gasteiger partial charge in [0, 0.05) is 48.6 Å². The van der Waals surface area contributed by atoms with Crippen LogP contribution in [0.2, 0.25) is 5.02 Å². The van der Waals surface area contributed by atoms with E-state index in [9.17, 15) is 4.79 Å². The second-order valence-corrected chi connectivity index (χ2v) is 6.92. The topological polar surface area (TPSA) is 91.4 Å². The minimum atomic E-state index is -0.286. The summed E-state index contributed by atoms with van der Waals surface area (Å²) in [5.41, 5.74) is 2.41. The SMILES string of the molecule is Cc1cc(N2CCOCC2)nc(NCCNC(=O)Nc2cccc(Cl)c2C)n1. The average molecular weight is 405 g/mol. The number of urea groups is 1. The van der Waals surface area contributed by atoms with Crippen LogP contribution in [-0.2, 0) is 4.74 Å². The number of aryl methyl sites for hydroxylation is 1. The van der Waals surface area contributed by atoms with E-state index in [-0.39, 0.29) is 6.03 Å². The van der Waals surface area contributed by atoms with E-state index >= 15 is 0 Å². The highest BCUT2D eigenvalue weighted by Gasteiger charge is 2.14. The van der Waals surface area contributed by atoms with E-state index in [1.54, 1.807) is 12.1 Å². The maximum absolute atomic E-state index is 12.1. The molecule has 8 nitrogen and oxygen atoms in total. The number of hydrogen-bond donors (Lipinski definition) is 3. The van der Waals surface area contributed by atoms with Crippen molar-refractivity contribution in [3.8, 4) is 0 Å². The minimum Gasteiger partial charge on any atom is -0.378 e. The summed E-state index contributed by atoms with van der Waals surface area (Å²) in [6.07, 6.45) is 0. The lowest BCUT2D eigenvalue weighted by atomic mass is 10.2. The van der Waals surface area contributed by atoms with Crippen LogP contribution < -0.4 is 20.9 Å². The molecule has 1 saturated heterocycles. The number of benzene rings is 1. The predicted molar refractivity (Wildman–Crippen MR) is 112 cm³/mol. The van der Waals surface area contributed by atoms with Gasteiger partial charge in [0.25, 0.3) is 0 Å². The van der Waals surface area contributed by atoms with Crippen LogP contribution >= 0.6 is 11.6 Å². The summed E-state index contributed by atoms with van der Waals surface area (Å²) in [5, 5.41) is 9.38. The van der Waals surface area contributed by atoms with Gasteiger partial charge in [0.15, 0.2) is 0 Å². The molecule has 1 aromatic heterocycles. The molecular weight excluding hydrogens is 380 g/mol. The van der Waals surface area contributed by atoms with Gasteiger partial charge in [-0.1, -0.05) is 17.7 Å². The highest BCUT2D eigenvalue weighted by atomic mass is 35.5. The molecule has 0 aliphatic carbocycles. The first-order valence-electron chi connectivity index (χ1n) is 9.25. The molecule has 1 fully saturated rings. The number of aromatic nitrogens is 2. The summed E-state index contributed by atoms with van der Waals surface area (Å²) in [7, 11) is 0. The summed E-state index contributed by atoms with van der Waals surface area (Å²) in [4.78, 5) is 23.2. The largest absolute Gasteiger partial charge is 0.378 e. The zero-order valence-electron chi connectivity index (χ0n) is 16.1. The molecule has 9 heteroatoms. The number of nitrogens with one attached hydrogen (secondary N) is 3. The number of ether oxygens (including phenoxy) is 1. The summed E-state index contributed by atoms with van der Waals surface area (Å²) >= 11 is 6.07. The number of rotatable bonds is 6. The molecular formula is C19H25ClN6O2. The van der Waals surface area contributed by atoms with Crippen LogP contribution in [0.25, 0.3) is 0 Å². The van der Waals surface area contributed by atoms with E-state index < -0.39 is 0 Å². The fourth-order valence-corrected chi connectivity index (χ4v) is 3.02. The second kappa shape index (κ2) is 9.57. The zero-order valence-corrected chi connectivity index (χ0v) is 16.8. The molecule has 2 heterocycles. The van der Waals surface area contributed by atoms with Crippen LogP contribution in [0.5, 0.6) is 0 Å². The Bertz CT molecular complexity index is 826. The Kier molecular flexibility index (Phi) is 6.89. The molecule has 0 saturated carbocycles. The maximum Gasteiger partial charge on any atom is 0.319 e. The number of carbonyl (C=O) groups is 1. The van der Waals surface area contributed by atoms with Crippen LogP contribution in [0.3, 0.4) is 0 Å². The molecule has 0 radical (unpaired) electrons. The lowest BCUT2D eigenvalue weighted by molar-refractivity contribution is 0.122. The second-order valence-electron chi connectivity index (χ2n) is 6.51. The quantitative estimate of drug-likeness (QED) is 0.641. The molecule has 3 N–H and O–H groups in total. The van der Waals surface area contributed by atoms with Crippen molar-refractivity contribution in [2.75, 3.05) is 54.9 Å². The Morgan fingerprint density at radius 1 is 1.21 bits per heavy atom. The lowest BCUT2D eigenvalue weighted by Crippen LogP contribution is -2.37. The first-order chi connectivity index (χ1) is 13.5. The number of hydrogen-bond acceptors (Lipinski definition) is 6. The number of nitrogens with zero attached hydrogens (tertiary/aromatic N) is 3. The van der Waals surface area contributed by atoms with Crippen LogP contribution in [0.1, 0.15) is 11.3 Å². The molecule has 150 valence electrons. The third-order valence-corrected chi connectivity index (χ3v) is 4.79. The highest BCUT2D eigenvalue weighted by molar-refractivity contribution is 6.31. The van der Waals surface area contributed by atoms with Gasteiger partial charge in [0.2, 0.25) is 5.95 Å². The molecule has 28 heavy (non-hydrogen) atoms. The molecule has 0 atom stereocenters. The van der Waals surface area contributed by atoms with E-state index in [0.717, 1.165) is 30.2 Å². The standard InChI is InChI=1S/C19H25ClN6O2/c1-13-12-17(26-8-10-28-11-9-26)25-18(23-13)21-6-7-22-19(27)24-16-5-3-4-15(20)14(16)2/h3-5,12H,6-11H2,1-2H3,(H,21,23,25)(H2,22,24,27). The van der Waals surface area contributed by atoms with Gasteiger partial charge in [0.1, 0.15) is 5.82 Å². The van der Waals surface area contributed by atoms with Gasteiger partial charge in [0.05, 0.1) is 13.2 Å². The van der Waals surface area contributed by atoms with Gasteiger partial charge in [-0.2, -0.15) is 4.98 Å². The molecule has 3 rings (SSSR count). The zero-order chi connectivity index (χ0) is 19.9. The molecule has 2 aromatic rings. The van der Waals surface area contributed by atoms with Crippen molar-refractivity contribution in [3.63, 3.8) is 0 Å². The number of anilines is 3. The van der Waals surface area contributed by atoms with Gasteiger partial charge < -0.3 is 25.6 Å². The van der Waals surface area contributed by atoms with Gasteiger partial charge in [-0.3, -0.25) is 0 Å². The van der Waals surface area contributed by atoms with E-state index in [4.69, 9.17) is 16.3 Å². The lowest BCUT2D eigenvalue weighted by Gasteiger charge is -2.28. The first-order valence-corrected chi connectivity index (χ1v) is 9.63. The Labute approximate surface area is 169 Å². The summed E-state index contributed by atoms with van der Waals surface area (Å²) < 4.78 is 5.39. The molecule has 0 unspecified atom stereocenters. The molecule has 0 spiro atoms. The molecule has 1 aromatic carbocycles.